The van der Waals surface area contributed by atoms with Crippen LogP contribution in [0.15, 0.2) is 0 Å². The summed E-state index contributed by atoms with van der Waals surface area (Å²) in [6.07, 6.45) is 0. The molecule has 1 aliphatic heterocycles. The summed E-state index contributed by atoms with van der Waals surface area (Å²) in [4.78, 5) is 37.7. The van der Waals surface area contributed by atoms with Crippen molar-refractivity contribution in [1.82, 2.24) is 15.5 Å². The van der Waals surface area contributed by atoms with Crippen molar-refractivity contribution in [2.24, 2.45) is 0 Å². The van der Waals surface area contributed by atoms with Crippen LogP contribution in [0.3, 0.4) is 0 Å². The Morgan fingerprint density at radius 1 is 0.833 bits per heavy atom. The molecule has 0 unspecified atom stereocenters. The van der Waals surface area contributed by atoms with Gasteiger partial charge in [-0.05, 0) is 0 Å². The maximum absolute atomic E-state index is 11.3. The second-order valence-electron chi connectivity index (χ2n) is 4.06. The molecule has 1 fully saturated rings. The van der Waals surface area contributed by atoms with E-state index in [1.54, 1.807) is 0 Å². The molecule has 9 nitrogen and oxygen atoms in total. The Hall–Kier alpha value is 0.180. The summed E-state index contributed by atoms with van der Waals surface area (Å²) >= 11 is 0. The molecule has 0 aliphatic carbocycles. The molecule has 0 amide bonds. The molecule has 1 rings (SSSR count). The van der Waals surface area contributed by atoms with Crippen LogP contribution < -0.4 is 10.6 Å². The normalized spacial score (nSPS) is 21.4. The third-order valence-electron chi connectivity index (χ3n) is 2.56. The van der Waals surface area contributed by atoms with Gasteiger partial charge in [0.1, 0.15) is 0 Å². The van der Waals surface area contributed by atoms with Gasteiger partial charge in [-0.3, -0.25) is 14.0 Å². The van der Waals surface area contributed by atoms with Crippen LogP contribution in [0.2, 0.25) is 0 Å². The topological polar surface area (TPSA) is 142 Å². The van der Waals surface area contributed by atoms with E-state index in [4.69, 9.17) is 19.6 Å². The molecule has 18 heavy (non-hydrogen) atoms. The van der Waals surface area contributed by atoms with Gasteiger partial charge in [-0.15, -0.1) is 0 Å². The number of hydrogen-bond acceptors (Lipinski definition) is 5. The highest BCUT2D eigenvalue weighted by Crippen LogP contribution is 2.60. The zero-order valence-electron chi connectivity index (χ0n) is 9.77. The molecule has 0 radical (unpaired) electrons. The van der Waals surface area contributed by atoms with Crippen molar-refractivity contribution in [1.29, 1.82) is 0 Å². The van der Waals surface area contributed by atoms with Crippen molar-refractivity contribution in [3.63, 3.8) is 0 Å². The van der Waals surface area contributed by atoms with Gasteiger partial charge in [-0.2, -0.15) is 0 Å². The highest BCUT2D eigenvalue weighted by atomic mass is 31.2. The summed E-state index contributed by atoms with van der Waals surface area (Å²) in [5.74, 6) is 0. The molecule has 0 aromatic carbocycles. The van der Waals surface area contributed by atoms with Crippen LogP contribution in [0.4, 0.5) is 0 Å². The second-order valence-corrected chi connectivity index (χ2v) is 7.80. The predicted octanol–water partition coefficient (Wildman–Crippen LogP) is -1.88. The Bertz CT molecular complexity index is 323. The van der Waals surface area contributed by atoms with E-state index in [1.165, 1.54) is 0 Å². The van der Waals surface area contributed by atoms with Crippen LogP contribution in [0.1, 0.15) is 0 Å². The second kappa shape index (κ2) is 6.56. The molecular weight excluding hydrogens is 284 g/mol. The molecule has 1 saturated heterocycles. The van der Waals surface area contributed by atoms with Gasteiger partial charge in [-0.1, -0.05) is 0 Å². The zero-order chi connectivity index (χ0) is 13.8. The number of hydrogen-bond donors (Lipinski definition) is 6. The highest BCUT2D eigenvalue weighted by Gasteiger charge is 2.47. The minimum absolute atomic E-state index is 0.169. The minimum atomic E-state index is -4.91. The third kappa shape index (κ3) is 5.05. The Morgan fingerprint density at radius 3 is 1.56 bits per heavy atom. The molecule has 0 atom stereocenters. The maximum atomic E-state index is 11.3. The summed E-state index contributed by atoms with van der Waals surface area (Å²) in [5.41, 5.74) is -2.06. The predicted molar refractivity (Wildman–Crippen MR) is 65.2 cm³/mol. The zero-order valence-corrected chi connectivity index (χ0v) is 11.6. The van der Waals surface area contributed by atoms with E-state index in [0.717, 1.165) is 4.90 Å². The number of nitrogens with one attached hydrogen (secondary N) is 2. The van der Waals surface area contributed by atoms with Crippen molar-refractivity contribution in [3.05, 3.63) is 0 Å². The molecule has 11 heteroatoms. The number of nitrogens with zero attached hydrogens (tertiary/aromatic N) is 1. The van der Waals surface area contributed by atoms with Crippen LogP contribution in [0.25, 0.3) is 0 Å². The fraction of sp³-hybridized carbons (Fsp3) is 1.00. The van der Waals surface area contributed by atoms with E-state index in [2.05, 4.69) is 10.6 Å². The molecule has 1 heterocycles. The molecule has 0 aromatic rings. The summed E-state index contributed by atoms with van der Waals surface area (Å²) < 4.78 is 22.6. The van der Waals surface area contributed by atoms with Crippen LogP contribution in [-0.4, -0.2) is 69.3 Å². The van der Waals surface area contributed by atoms with E-state index in [0.29, 0.717) is 26.2 Å². The average molecular weight is 303 g/mol. The Morgan fingerprint density at radius 2 is 1.22 bits per heavy atom. The lowest BCUT2D eigenvalue weighted by atomic mass is 10.5. The maximum Gasteiger partial charge on any atom is 0.354 e. The van der Waals surface area contributed by atoms with Crippen molar-refractivity contribution < 1.29 is 28.7 Å². The van der Waals surface area contributed by atoms with Crippen LogP contribution in [0, 0.1) is 0 Å². The SMILES string of the molecule is O=P(O)(O)C(N1CCNCCNCC1)P(=O)(O)O. The highest BCUT2D eigenvalue weighted by molar-refractivity contribution is 7.70. The molecule has 108 valence electrons. The van der Waals surface area contributed by atoms with Crippen molar-refractivity contribution >= 4 is 15.2 Å². The summed E-state index contributed by atoms with van der Waals surface area (Å²) in [5, 5.41) is 6.01. The van der Waals surface area contributed by atoms with Gasteiger partial charge in [-0.25, -0.2) is 0 Å². The van der Waals surface area contributed by atoms with Gasteiger partial charge in [0.15, 0.2) is 0 Å². The molecule has 1 aliphatic rings. The first kappa shape index (κ1) is 16.2. The lowest BCUT2D eigenvalue weighted by Gasteiger charge is -2.31. The fourth-order valence-corrected chi connectivity index (χ4v) is 4.72. The third-order valence-corrected chi connectivity index (χ3v) is 6.22. The molecule has 0 spiro atoms. The molecule has 6 N–H and O–H groups in total. The monoisotopic (exact) mass is 303 g/mol. The smallest absolute Gasteiger partial charge is 0.323 e. The fourth-order valence-electron chi connectivity index (χ4n) is 1.84. The van der Waals surface area contributed by atoms with Crippen LogP contribution >= 0.6 is 15.2 Å². The van der Waals surface area contributed by atoms with Gasteiger partial charge in [0.05, 0.1) is 0 Å². The summed E-state index contributed by atoms with van der Waals surface area (Å²) in [6, 6.07) is 0. The minimum Gasteiger partial charge on any atom is -0.323 e. The average Bonchev–Trinajstić information content (AvgIpc) is 2.27. The first-order chi connectivity index (χ1) is 8.23. The van der Waals surface area contributed by atoms with Crippen molar-refractivity contribution in [2.45, 2.75) is 5.52 Å². The van der Waals surface area contributed by atoms with E-state index in [-0.39, 0.29) is 13.1 Å². The van der Waals surface area contributed by atoms with Crippen LogP contribution in [0.5, 0.6) is 0 Å². The van der Waals surface area contributed by atoms with Gasteiger partial charge >= 0.3 is 15.2 Å². The Balaban J connectivity index is 2.88. The van der Waals surface area contributed by atoms with Gasteiger partial charge in [0.2, 0.25) is 5.52 Å². The molecule has 0 aromatic heterocycles. The van der Waals surface area contributed by atoms with Gasteiger partial charge in [0, 0.05) is 39.3 Å². The molecule has 0 bridgehead atoms. The van der Waals surface area contributed by atoms with E-state index in [1.807, 2.05) is 0 Å². The van der Waals surface area contributed by atoms with Gasteiger partial charge in [0.25, 0.3) is 0 Å². The van der Waals surface area contributed by atoms with Crippen LogP contribution in [-0.2, 0) is 9.13 Å². The van der Waals surface area contributed by atoms with Crippen molar-refractivity contribution in [3.8, 4) is 0 Å². The summed E-state index contributed by atoms with van der Waals surface area (Å²) in [7, 11) is -9.81. The van der Waals surface area contributed by atoms with E-state index < -0.39 is 20.7 Å². The molecule has 0 saturated carbocycles. The first-order valence-electron chi connectivity index (χ1n) is 5.49. The Kier molecular flexibility index (Phi) is 5.92. The lowest BCUT2D eigenvalue weighted by molar-refractivity contribution is 0.229. The largest absolute Gasteiger partial charge is 0.354 e. The molecular formula is C7H19N3O6P2. The number of rotatable bonds is 3. The Labute approximate surface area is 105 Å². The van der Waals surface area contributed by atoms with Gasteiger partial charge < -0.3 is 30.2 Å². The van der Waals surface area contributed by atoms with E-state index >= 15 is 0 Å². The standard InChI is InChI=1S/C7H19N3O6P2/c11-17(12,13)7(18(14,15)16)10-5-3-8-1-2-9-4-6-10/h7-9H,1-6H2,(H2,11,12,13)(H2,14,15,16). The quantitative estimate of drug-likeness (QED) is 0.330. The summed E-state index contributed by atoms with van der Waals surface area (Å²) in [6.45, 7) is 2.57. The van der Waals surface area contributed by atoms with E-state index in [9.17, 15) is 9.13 Å². The van der Waals surface area contributed by atoms with Crippen molar-refractivity contribution in [2.75, 3.05) is 39.3 Å². The lowest BCUT2D eigenvalue weighted by Crippen LogP contribution is -2.41. The first-order valence-corrected chi connectivity index (χ1v) is 8.85.